The van der Waals surface area contributed by atoms with Crippen LogP contribution < -0.4 is 0 Å². The number of imidazole rings is 1. The van der Waals surface area contributed by atoms with Gasteiger partial charge in [0.15, 0.2) is 5.69 Å². The highest BCUT2D eigenvalue weighted by molar-refractivity contribution is 5.85. The zero-order valence-electron chi connectivity index (χ0n) is 12.2. The van der Waals surface area contributed by atoms with Gasteiger partial charge in [0, 0.05) is 6.20 Å². The van der Waals surface area contributed by atoms with Crippen LogP contribution in [0, 0.1) is 0 Å². The highest BCUT2D eigenvalue weighted by atomic mass is 16.4. The predicted octanol–water partition coefficient (Wildman–Crippen LogP) is 3.39. The molecule has 2 aromatic carbocycles. The van der Waals surface area contributed by atoms with Crippen LogP contribution >= 0.6 is 0 Å². The fourth-order valence-corrected chi connectivity index (χ4v) is 2.67. The second kappa shape index (κ2) is 5.48. The summed E-state index contributed by atoms with van der Waals surface area (Å²) < 4.78 is 1.85. The average molecular weight is 292 g/mol. The lowest BCUT2D eigenvalue weighted by Gasteiger charge is -2.32. The largest absolute Gasteiger partial charge is 0.476 e. The third-order valence-corrected chi connectivity index (χ3v) is 3.99. The van der Waals surface area contributed by atoms with E-state index in [1.807, 2.05) is 65.2 Å². The van der Waals surface area contributed by atoms with Crippen LogP contribution in [0.4, 0.5) is 0 Å². The van der Waals surface area contributed by atoms with Gasteiger partial charge in [0.05, 0.1) is 11.9 Å². The second-order valence-electron chi connectivity index (χ2n) is 5.28. The van der Waals surface area contributed by atoms with Crippen LogP contribution in [0.2, 0.25) is 0 Å². The molecule has 0 amide bonds. The van der Waals surface area contributed by atoms with Crippen LogP contribution in [-0.4, -0.2) is 20.6 Å². The molecule has 0 spiro atoms. The van der Waals surface area contributed by atoms with Crippen molar-refractivity contribution in [1.29, 1.82) is 0 Å². The van der Waals surface area contributed by atoms with Crippen molar-refractivity contribution < 1.29 is 9.90 Å². The van der Waals surface area contributed by atoms with E-state index < -0.39 is 11.5 Å². The van der Waals surface area contributed by atoms with Crippen LogP contribution in [0.25, 0.3) is 0 Å². The molecule has 0 aliphatic heterocycles. The number of hydrogen-bond acceptors (Lipinski definition) is 2. The molecule has 4 heteroatoms. The molecule has 22 heavy (non-hydrogen) atoms. The summed E-state index contributed by atoms with van der Waals surface area (Å²) in [4.78, 5) is 15.1. The van der Waals surface area contributed by atoms with Gasteiger partial charge in [-0.05, 0) is 18.1 Å². The van der Waals surface area contributed by atoms with E-state index in [0.717, 1.165) is 11.1 Å². The van der Waals surface area contributed by atoms with Crippen molar-refractivity contribution in [3.63, 3.8) is 0 Å². The first kappa shape index (κ1) is 14.1. The Balaban J connectivity index is 2.21. The Morgan fingerprint density at radius 2 is 1.50 bits per heavy atom. The number of nitrogens with zero attached hydrogens (tertiary/aromatic N) is 2. The Bertz CT molecular complexity index is 740. The Labute approximate surface area is 128 Å². The minimum atomic E-state index is -1.03. The molecular formula is C18H16N2O2. The summed E-state index contributed by atoms with van der Waals surface area (Å²) in [6.45, 7) is 2.06. The van der Waals surface area contributed by atoms with Crippen molar-refractivity contribution in [3.8, 4) is 0 Å². The van der Waals surface area contributed by atoms with E-state index in [4.69, 9.17) is 5.11 Å². The third kappa shape index (κ3) is 2.29. The highest BCUT2D eigenvalue weighted by Crippen LogP contribution is 2.33. The highest BCUT2D eigenvalue weighted by Gasteiger charge is 2.31. The van der Waals surface area contributed by atoms with Gasteiger partial charge >= 0.3 is 5.97 Å². The molecule has 1 N–H and O–H groups in total. The van der Waals surface area contributed by atoms with Gasteiger partial charge in [0.25, 0.3) is 0 Å². The van der Waals surface area contributed by atoms with Crippen molar-refractivity contribution in [2.24, 2.45) is 0 Å². The van der Waals surface area contributed by atoms with E-state index >= 15 is 0 Å². The summed E-state index contributed by atoms with van der Waals surface area (Å²) in [5, 5.41) is 9.13. The lowest BCUT2D eigenvalue weighted by molar-refractivity contribution is 0.0691. The standard InChI is InChI=1S/C18H16N2O2/c1-18(14-8-4-2-5-9-14,15-10-6-3-7-11-15)20-12-16(17(21)22)19-13-20/h2-13H,1H3,(H,21,22). The molecule has 0 radical (unpaired) electrons. The van der Waals surface area contributed by atoms with Gasteiger partial charge in [-0.25, -0.2) is 9.78 Å². The van der Waals surface area contributed by atoms with Crippen molar-refractivity contribution in [2.75, 3.05) is 0 Å². The Morgan fingerprint density at radius 1 is 1.00 bits per heavy atom. The van der Waals surface area contributed by atoms with Gasteiger partial charge in [0.1, 0.15) is 0 Å². The SMILES string of the molecule is CC(c1ccccc1)(c1ccccc1)n1cnc(C(=O)O)c1. The molecule has 0 atom stereocenters. The maximum atomic E-state index is 11.1. The van der Waals surface area contributed by atoms with Crippen molar-refractivity contribution >= 4 is 5.97 Å². The summed E-state index contributed by atoms with van der Waals surface area (Å²) in [6, 6.07) is 20.0. The maximum Gasteiger partial charge on any atom is 0.356 e. The van der Waals surface area contributed by atoms with Crippen LogP contribution in [-0.2, 0) is 5.54 Å². The molecule has 0 saturated heterocycles. The van der Waals surface area contributed by atoms with E-state index in [0.29, 0.717) is 0 Å². The van der Waals surface area contributed by atoms with E-state index in [2.05, 4.69) is 11.9 Å². The third-order valence-electron chi connectivity index (χ3n) is 3.99. The monoisotopic (exact) mass is 292 g/mol. The summed E-state index contributed by atoms with van der Waals surface area (Å²) in [5.74, 6) is -1.03. The van der Waals surface area contributed by atoms with E-state index in [1.54, 1.807) is 12.5 Å². The molecule has 1 heterocycles. The van der Waals surface area contributed by atoms with Crippen molar-refractivity contribution in [2.45, 2.75) is 12.5 Å². The first-order valence-electron chi connectivity index (χ1n) is 7.01. The molecule has 0 saturated carbocycles. The molecule has 4 nitrogen and oxygen atoms in total. The Morgan fingerprint density at radius 3 is 1.91 bits per heavy atom. The zero-order valence-corrected chi connectivity index (χ0v) is 12.2. The van der Waals surface area contributed by atoms with Crippen LogP contribution in [0.1, 0.15) is 28.5 Å². The maximum absolute atomic E-state index is 11.1. The average Bonchev–Trinajstić information content (AvgIpc) is 3.06. The molecule has 1 aromatic heterocycles. The molecule has 0 bridgehead atoms. The van der Waals surface area contributed by atoms with Gasteiger partial charge in [-0.15, -0.1) is 0 Å². The molecule has 0 unspecified atom stereocenters. The van der Waals surface area contributed by atoms with Gasteiger partial charge < -0.3 is 9.67 Å². The summed E-state index contributed by atoms with van der Waals surface area (Å²) in [6.07, 6.45) is 3.14. The van der Waals surface area contributed by atoms with Gasteiger partial charge in [0.2, 0.25) is 0 Å². The smallest absolute Gasteiger partial charge is 0.356 e. The molecule has 3 aromatic rings. The first-order valence-corrected chi connectivity index (χ1v) is 7.01. The van der Waals surface area contributed by atoms with Crippen molar-refractivity contribution in [1.82, 2.24) is 9.55 Å². The van der Waals surface area contributed by atoms with Crippen LogP contribution in [0.15, 0.2) is 73.2 Å². The Hall–Kier alpha value is -2.88. The van der Waals surface area contributed by atoms with Gasteiger partial charge in [-0.1, -0.05) is 60.7 Å². The minimum absolute atomic E-state index is 0.0399. The molecule has 0 aliphatic carbocycles. The number of rotatable bonds is 4. The topological polar surface area (TPSA) is 55.1 Å². The molecule has 110 valence electrons. The minimum Gasteiger partial charge on any atom is -0.476 e. The van der Waals surface area contributed by atoms with E-state index in [9.17, 15) is 4.79 Å². The van der Waals surface area contributed by atoms with Crippen molar-refractivity contribution in [3.05, 3.63) is 90.0 Å². The second-order valence-corrected chi connectivity index (χ2v) is 5.28. The first-order chi connectivity index (χ1) is 10.6. The zero-order chi connectivity index (χ0) is 15.6. The van der Waals surface area contributed by atoms with E-state index in [1.165, 1.54) is 0 Å². The number of aromatic carboxylic acids is 1. The normalized spacial score (nSPS) is 11.3. The molecule has 3 rings (SSSR count). The quantitative estimate of drug-likeness (QED) is 0.802. The number of hydrogen-bond donors (Lipinski definition) is 1. The Kier molecular flexibility index (Phi) is 3.51. The predicted molar refractivity (Wildman–Crippen MR) is 83.9 cm³/mol. The number of benzene rings is 2. The fraction of sp³-hybridized carbons (Fsp3) is 0.111. The van der Waals surface area contributed by atoms with Gasteiger partial charge in [-0.2, -0.15) is 0 Å². The molecule has 0 fully saturated rings. The fourth-order valence-electron chi connectivity index (χ4n) is 2.67. The summed E-state index contributed by atoms with van der Waals surface area (Å²) in [7, 11) is 0. The number of carboxylic acids is 1. The lowest BCUT2D eigenvalue weighted by atomic mass is 9.84. The lowest BCUT2D eigenvalue weighted by Crippen LogP contribution is -2.31. The molecule has 0 aliphatic rings. The summed E-state index contributed by atoms with van der Waals surface area (Å²) in [5.41, 5.74) is 1.65. The summed E-state index contributed by atoms with van der Waals surface area (Å²) >= 11 is 0. The van der Waals surface area contributed by atoms with Crippen LogP contribution in [0.3, 0.4) is 0 Å². The number of carboxylic acid groups (broad SMARTS) is 1. The number of carbonyl (C=O) groups is 1. The van der Waals surface area contributed by atoms with E-state index in [-0.39, 0.29) is 5.69 Å². The van der Waals surface area contributed by atoms with Gasteiger partial charge in [-0.3, -0.25) is 0 Å². The molecular weight excluding hydrogens is 276 g/mol. The van der Waals surface area contributed by atoms with Crippen LogP contribution in [0.5, 0.6) is 0 Å². The number of aromatic nitrogens is 2.